The summed E-state index contributed by atoms with van der Waals surface area (Å²) in [5.74, 6) is -0.615. The van der Waals surface area contributed by atoms with Gasteiger partial charge in [0.2, 0.25) is 0 Å². The van der Waals surface area contributed by atoms with Crippen LogP contribution in [0.5, 0.6) is 5.75 Å². The monoisotopic (exact) mass is 335 g/mol. The lowest BCUT2D eigenvalue weighted by atomic mass is 10.1. The van der Waals surface area contributed by atoms with E-state index >= 15 is 0 Å². The Morgan fingerprint density at radius 3 is 2.29 bits per heavy atom. The number of sulfone groups is 2. The Labute approximate surface area is 126 Å². The van der Waals surface area contributed by atoms with Gasteiger partial charge in [-0.15, -0.1) is 0 Å². The van der Waals surface area contributed by atoms with Crippen molar-refractivity contribution in [3.05, 3.63) is 29.3 Å². The van der Waals surface area contributed by atoms with Crippen molar-refractivity contribution in [3.8, 4) is 5.75 Å². The van der Waals surface area contributed by atoms with E-state index in [0.29, 0.717) is 11.3 Å². The summed E-state index contributed by atoms with van der Waals surface area (Å²) in [5.41, 5.74) is 7.07. The van der Waals surface area contributed by atoms with Crippen LogP contribution in [-0.4, -0.2) is 41.7 Å². The third-order valence-electron chi connectivity index (χ3n) is 2.97. The fraction of sp³-hybridized carbons (Fsp3) is 0.538. The van der Waals surface area contributed by atoms with Crippen LogP contribution < -0.4 is 10.5 Å². The highest BCUT2D eigenvalue weighted by atomic mass is 32.2. The van der Waals surface area contributed by atoms with Gasteiger partial charge >= 0.3 is 0 Å². The molecule has 120 valence electrons. The summed E-state index contributed by atoms with van der Waals surface area (Å²) in [5, 5.41) is 0. The quantitative estimate of drug-likeness (QED) is 0.785. The highest BCUT2D eigenvalue weighted by molar-refractivity contribution is 7.94. The van der Waals surface area contributed by atoms with Gasteiger partial charge in [-0.05, 0) is 24.6 Å². The minimum absolute atomic E-state index is 0.228. The van der Waals surface area contributed by atoms with Gasteiger partial charge in [0, 0.05) is 17.9 Å². The van der Waals surface area contributed by atoms with E-state index in [0.717, 1.165) is 11.8 Å². The van der Waals surface area contributed by atoms with Gasteiger partial charge in [-0.2, -0.15) is 0 Å². The Morgan fingerprint density at radius 2 is 1.81 bits per heavy atom. The number of benzene rings is 1. The molecule has 0 aliphatic heterocycles. The molecule has 0 saturated carbocycles. The Balaban J connectivity index is 3.02. The molecule has 1 rings (SSSR count). The van der Waals surface area contributed by atoms with E-state index < -0.39 is 25.4 Å². The summed E-state index contributed by atoms with van der Waals surface area (Å²) in [4.78, 5) is 0. The average Bonchev–Trinajstić information content (AvgIpc) is 2.35. The maximum atomic E-state index is 12.0. The first-order valence-electron chi connectivity index (χ1n) is 6.34. The Bertz CT molecular complexity index is 693. The lowest BCUT2D eigenvalue weighted by molar-refractivity contribution is 0.410. The van der Waals surface area contributed by atoms with Gasteiger partial charge in [0.15, 0.2) is 9.84 Å². The van der Waals surface area contributed by atoms with Crippen LogP contribution >= 0.6 is 0 Å². The zero-order valence-corrected chi connectivity index (χ0v) is 14.0. The fourth-order valence-corrected chi connectivity index (χ4v) is 4.85. The van der Waals surface area contributed by atoms with E-state index in [1.54, 1.807) is 25.1 Å². The highest BCUT2D eigenvalue weighted by Crippen LogP contribution is 2.24. The molecule has 0 radical (unpaired) electrons. The number of hydrogen-bond acceptors (Lipinski definition) is 6. The van der Waals surface area contributed by atoms with Crippen molar-refractivity contribution in [1.29, 1.82) is 0 Å². The molecule has 6 nitrogen and oxygen atoms in total. The van der Waals surface area contributed by atoms with Crippen molar-refractivity contribution in [2.45, 2.75) is 18.7 Å². The molecule has 0 amide bonds. The second-order valence-electron chi connectivity index (χ2n) is 5.08. The lowest BCUT2D eigenvalue weighted by Gasteiger charge is -2.13. The van der Waals surface area contributed by atoms with Gasteiger partial charge in [-0.3, -0.25) is 0 Å². The van der Waals surface area contributed by atoms with Crippen LogP contribution in [-0.2, 0) is 25.4 Å². The van der Waals surface area contributed by atoms with Crippen LogP contribution in [0.3, 0.4) is 0 Å². The molecule has 21 heavy (non-hydrogen) atoms. The molecule has 0 fully saturated rings. The van der Waals surface area contributed by atoms with Gasteiger partial charge in [-0.1, -0.05) is 6.07 Å². The molecule has 0 heterocycles. The smallest absolute Gasteiger partial charge is 0.155 e. The van der Waals surface area contributed by atoms with E-state index in [1.165, 1.54) is 7.11 Å². The second kappa shape index (κ2) is 6.76. The first-order valence-corrected chi connectivity index (χ1v) is 10.2. The molecule has 0 saturated heterocycles. The summed E-state index contributed by atoms with van der Waals surface area (Å²) < 4.78 is 51.4. The third-order valence-corrected chi connectivity index (χ3v) is 5.75. The largest absolute Gasteiger partial charge is 0.496 e. The van der Waals surface area contributed by atoms with Crippen LogP contribution in [0.25, 0.3) is 0 Å². The zero-order chi connectivity index (χ0) is 16.3. The first-order chi connectivity index (χ1) is 9.54. The standard InChI is InChI=1S/C13H21NO5S2/c1-10(14)11-4-5-13(19-2)12(8-11)9-21(17,18)7-6-20(3,15)16/h4-5,8,10H,6-7,9,14H2,1-3H3. The van der Waals surface area contributed by atoms with Crippen molar-refractivity contribution in [1.82, 2.24) is 0 Å². The molecule has 1 unspecified atom stereocenters. The van der Waals surface area contributed by atoms with E-state index in [2.05, 4.69) is 0 Å². The topological polar surface area (TPSA) is 104 Å². The molecule has 1 atom stereocenters. The van der Waals surface area contributed by atoms with Crippen molar-refractivity contribution >= 4 is 19.7 Å². The predicted molar refractivity (Wildman–Crippen MR) is 82.8 cm³/mol. The van der Waals surface area contributed by atoms with E-state index in [4.69, 9.17) is 10.5 Å². The van der Waals surface area contributed by atoms with Crippen LogP contribution in [0.15, 0.2) is 18.2 Å². The van der Waals surface area contributed by atoms with Crippen LogP contribution in [0, 0.1) is 0 Å². The van der Waals surface area contributed by atoms with Gasteiger partial charge < -0.3 is 10.5 Å². The Kier molecular flexibility index (Phi) is 5.77. The third kappa shape index (κ3) is 6.03. The highest BCUT2D eigenvalue weighted by Gasteiger charge is 2.18. The Hall–Kier alpha value is -1.12. The van der Waals surface area contributed by atoms with E-state index in [9.17, 15) is 16.8 Å². The zero-order valence-electron chi connectivity index (χ0n) is 12.4. The lowest BCUT2D eigenvalue weighted by Crippen LogP contribution is -2.18. The molecule has 2 N–H and O–H groups in total. The number of hydrogen-bond donors (Lipinski definition) is 1. The molecule has 8 heteroatoms. The maximum absolute atomic E-state index is 12.0. The van der Waals surface area contributed by atoms with E-state index in [-0.39, 0.29) is 17.5 Å². The summed E-state index contributed by atoms with van der Waals surface area (Å²) in [7, 11) is -5.41. The molecular formula is C13H21NO5S2. The number of nitrogens with two attached hydrogens (primary N) is 1. The van der Waals surface area contributed by atoms with Gasteiger partial charge in [0.25, 0.3) is 0 Å². The summed E-state index contributed by atoms with van der Waals surface area (Å²) in [6.45, 7) is 1.80. The second-order valence-corrected chi connectivity index (χ2v) is 9.53. The van der Waals surface area contributed by atoms with Gasteiger partial charge in [-0.25, -0.2) is 16.8 Å². The molecule has 0 aliphatic carbocycles. The molecular weight excluding hydrogens is 314 g/mol. The normalized spacial score (nSPS) is 13.9. The first kappa shape index (κ1) is 17.9. The summed E-state index contributed by atoms with van der Waals surface area (Å²) >= 11 is 0. The summed E-state index contributed by atoms with van der Waals surface area (Å²) in [6.07, 6.45) is 1.01. The van der Waals surface area contributed by atoms with Crippen molar-refractivity contribution < 1.29 is 21.6 Å². The van der Waals surface area contributed by atoms with Crippen molar-refractivity contribution in [3.63, 3.8) is 0 Å². The minimum Gasteiger partial charge on any atom is -0.496 e. The van der Waals surface area contributed by atoms with Crippen molar-refractivity contribution in [2.24, 2.45) is 5.73 Å². The SMILES string of the molecule is COc1ccc(C(C)N)cc1CS(=O)(=O)CCS(C)(=O)=O. The van der Waals surface area contributed by atoms with E-state index in [1.807, 2.05) is 0 Å². The van der Waals surface area contributed by atoms with Gasteiger partial charge in [0.05, 0.1) is 24.4 Å². The molecule has 0 bridgehead atoms. The van der Waals surface area contributed by atoms with Crippen LogP contribution in [0.4, 0.5) is 0 Å². The minimum atomic E-state index is -3.54. The summed E-state index contributed by atoms with van der Waals surface area (Å²) in [6, 6.07) is 4.89. The maximum Gasteiger partial charge on any atom is 0.155 e. The Morgan fingerprint density at radius 1 is 1.19 bits per heavy atom. The van der Waals surface area contributed by atoms with Crippen LogP contribution in [0.1, 0.15) is 24.1 Å². The molecule has 1 aromatic rings. The molecule has 0 aliphatic rings. The molecule has 0 aromatic heterocycles. The number of ether oxygens (including phenoxy) is 1. The van der Waals surface area contributed by atoms with Gasteiger partial charge in [0.1, 0.15) is 15.6 Å². The fourth-order valence-electron chi connectivity index (χ4n) is 1.78. The van der Waals surface area contributed by atoms with Crippen molar-refractivity contribution in [2.75, 3.05) is 24.9 Å². The number of rotatable bonds is 7. The molecule has 1 aromatic carbocycles. The predicted octanol–water partition coefficient (Wildman–Crippen LogP) is 0.674. The number of methoxy groups -OCH3 is 1. The molecule has 0 spiro atoms. The van der Waals surface area contributed by atoms with Crippen LogP contribution in [0.2, 0.25) is 0 Å². The average molecular weight is 335 g/mol.